The van der Waals surface area contributed by atoms with Gasteiger partial charge in [-0.05, 0) is 12.1 Å². The molecule has 0 saturated heterocycles. The number of aromatic nitrogens is 2. The van der Waals surface area contributed by atoms with Gasteiger partial charge in [-0.15, -0.1) is 11.6 Å². The third-order valence-corrected chi connectivity index (χ3v) is 3.42. The smallest absolute Gasteiger partial charge is 0.153 e. The minimum absolute atomic E-state index is 0.0763. The molecule has 0 atom stereocenters. The number of methoxy groups -OCH3 is 1. The van der Waals surface area contributed by atoms with Crippen LogP contribution in [0.5, 0.6) is 5.75 Å². The Balaban J connectivity index is 2.34. The van der Waals surface area contributed by atoms with Gasteiger partial charge in [0.05, 0.1) is 24.2 Å². The van der Waals surface area contributed by atoms with Crippen LogP contribution in [0, 0.1) is 11.6 Å². The molecule has 108 valence electrons. The van der Waals surface area contributed by atoms with Gasteiger partial charge in [0.25, 0.3) is 0 Å². The zero-order chi connectivity index (χ0) is 15.0. The molecule has 0 aliphatic carbocycles. The van der Waals surface area contributed by atoms with Gasteiger partial charge in [-0.3, -0.25) is 4.57 Å². The number of rotatable bonds is 3. The van der Waals surface area contributed by atoms with Crippen LogP contribution in [0.25, 0.3) is 16.7 Å². The van der Waals surface area contributed by atoms with Crippen LogP contribution in [-0.2, 0) is 5.88 Å². The summed E-state index contributed by atoms with van der Waals surface area (Å²) in [5.74, 6) is -0.230. The predicted octanol–water partition coefficient (Wildman–Crippen LogP) is 4.05. The summed E-state index contributed by atoms with van der Waals surface area (Å²) in [7, 11) is 1.55. The van der Waals surface area contributed by atoms with E-state index < -0.39 is 11.6 Å². The first-order valence-corrected chi connectivity index (χ1v) is 6.74. The Labute approximate surface area is 124 Å². The van der Waals surface area contributed by atoms with Crippen molar-refractivity contribution >= 4 is 22.6 Å². The van der Waals surface area contributed by atoms with Crippen LogP contribution in [0.1, 0.15) is 5.82 Å². The minimum Gasteiger partial charge on any atom is -0.497 e. The van der Waals surface area contributed by atoms with E-state index in [0.717, 1.165) is 6.07 Å². The molecule has 0 aliphatic rings. The predicted molar refractivity (Wildman–Crippen MR) is 77.1 cm³/mol. The second-order valence-corrected chi connectivity index (χ2v) is 4.72. The molecule has 0 aliphatic heterocycles. The van der Waals surface area contributed by atoms with Crippen molar-refractivity contribution in [3.8, 4) is 11.4 Å². The molecular formula is C15H11ClF2N2O. The van der Waals surface area contributed by atoms with E-state index in [0.29, 0.717) is 22.8 Å². The van der Waals surface area contributed by atoms with Crippen molar-refractivity contribution in [2.45, 2.75) is 5.88 Å². The topological polar surface area (TPSA) is 27.1 Å². The molecule has 1 heterocycles. The number of hydrogen-bond acceptors (Lipinski definition) is 2. The Morgan fingerprint density at radius 1 is 1.24 bits per heavy atom. The molecule has 3 nitrogen and oxygen atoms in total. The van der Waals surface area contributed by atoms with Gasteiger partial charge >= 0.3 is 0 Å². The fourth-order valence-electron chi connectivity index (χ4n) is 2.28. The van der Waals surface area contributed by atoms with E-state index in [-0.39, 0.29) is 11.4 Å². The number of alkyl halides is 1. The number of fused-ring (bicyclic) bond motifs is 1. The van der Waals surface area contributed by atoms with Crippen molar-refractivity contribution in [3.63, 3.8) is 0 Å². The summed E-state index contributed by atoms with van der Waals surface area (Å²) < 4.78 is 34.2. The maximum absolute atomic E-state index is 13.9. The van der Waals surface area contributed by atoms with E-state index in [4.69, 9.17) is 16.3 Å². The molecule has 3 aromatic rings. The van der Waals surface area contributed by atoms with Crippen molar-refractivity contribution in [3.05, 3.63) is 53.9 Å². The number of imidazole rings is 1. The molecule has 3 rings (SSSR count). The minimum atomic E-state index is -0.710. The normalized spacial score (nSPS) is 11.0. The van der Waals surface area contributed by atoms with Gasteiger partial charge in [-0.2, -0.15) is 0 Å². The van der Waals surface area contributed by atoms with Crippen LogP contribution in [-0.4, -0.2) is 16.7 Å². The Morgan fingerprint density at radius 3 is 2.76 bits per heavy atom. The van der Waals surface area contributed by atoms with Gasteiger partial charge in [0, 0.05) is 18.2 Å². The molecule has 0 spiro atoms. The lowest BCUT2D eigenvalue weighted by atomic mass is 10.2. The molecule has 0 N–H and O–H groups in total. The summed E-state index contributed by atoms with van der Waals surface area (Å²) in [5.41, 5.74) is 1.10. The van der Waals surface area contributed by atoms with Crippen LogP contribution in [0.3, 0.4) is 0 Å². The fraction of sp³-hybridized carbons (Fsp3) is 0.133. The van der Waals surface area contributed by atoms with Crippen molar-refractivity contribution < 1.29 is 13.5 Å². The van der Waals surface area contributed by atoms with E-state index >= 15 is 0 Å². The molecule has 0 amide bonds. The van der Waals surface area contributed by atoms with Crippen molar-refractivity contribution in [1.29, 1.82) is 0 Å². The Morgan fingerprint density at radius 2 is 2.05 bits per heavy atom. The number of hydrogen-bond donors (Lipinski definition) is 0. The van der Waals surface area contributed by atoms with E-state index in [2.05, 4.69) is 4.98 Å². The quantitative estimate of drug-likeness (QED) is 0.683. The van der Waals surface area contributed by atoms with Gasteiger partial charge in [0.2, 0.25) is 0 Å². The average molecular weight is 309 g/mol. The largest absolute Gasteiger partial charge is 0.497 e. The van der Waals surface area contributed by atoms with E-state index in [1.807, 2.05) is 0 Å². The summed E-state index contributed by atoms with van der Waals surface area (Å²) in [6.45, 7) is 0. The van der Waals surface area contributed by atoms with Gasteiger partial charge in [-0.25, -0.2) is 13.8 Å². The van der Waals surface area contributed by atoms with Gasteiger partial charge in [-0.1, -0.05) is 6.07 Å². The van der Waals surface area contributed by atoms with Crippen LogP contribution >= 0.6 is 11.6 Å². The van der Waals surface area contributed by atoms with Crippen LogP contribution in [0.15, 0.2) is 36.4 Å². The number of ether oxygens (including phenoxy) is 1. The zero-order valence-electron chi connectivity index (χ0n) is 11.1. The molecule has 0 radical (unpaired) electrons. The highest BCUT2D eigenvalue weighted by atomic mass is 35.5. The summed E-state index contributed by atoms with van der Waals surface area (Å²) in [6, 6.07) is 9.16. The highest BCUT2D eigenvalue weighted by Gasteiger charge is 2.16. The van der Waals surface area contributed by atoms with Gasteiger partial charge in [0.1, 0.15) is 22.9 Å². The molecule has 0 fully saturated rings. The Hall–Kier alpha value is -2.14. The third kappa shape index (κ3) is 2.34. The highest BCUT2D eigenvalue weighted by Crippen LogP contribution is 2.27. The molecule has 21 heavy (non-hydrogen) atoms. The van der Waals surface area contributed by atoms with Crippen LogP contribution in [0.4, 0.5) is 8.78 Å². The van der Waals surface area contributed by atoms with Gasteiger partial charge in [0.15, 0.2) is 5.82 Å². The molecule has 1 aromatic heterocycles. The van der Waals surface area contributed by atoms with E-state index in [1.165, 1.54) is 6.07 Å². The molecule has 0 unspecified atom stereocenters. The van der Waals surface area contributed by atoms with Crippen molar-refractivity contribution in [2.24, 2.45) is 0 Å². The fourth-order valence-corrected chi connectivity index (χ4v) is 2.46. The van der Waals surface area contributed by atoms with E-state index in [9.17, 15) is 8.78 Å². The summed E-state index contributed by atoms with van der Waals surface area (Å²) in [5, 5.41) is 0. The Bertz CT molecular complexity index is 817. The lowest BCUT2D eigenvalue weighted by Crippen LogP contribution is -2.00. The van der Waals surface area contributed by atoms with E-state index in [1.54, 1.807) is 35.9 Å². The maximum Gasteiger partial charge on any atom is 0.153 e. The summed E-state index contributed by atoms with van der Waals surface area (Å²) in [6.07, 6.45) is 0. The maximum atomic E-state index is 13.9. The van der Waals surface area contributed by atoms with Crippen LogP contribution < -0.4 is 4.74 Å². The number of nitrogens with zero attached hydrogens (tertiary/aromatic N) is 2. The SMILES string of the molecule is COc1cccc(-n2c(CCl)nc3c(F)cc(F)cc32)c1. The standard InChI is InChI=1S/C15H11ClF2N2O/c1-21-11-4-2-3-10(7-11)20-13-6-9(17)5-12(18)15(13)19-14(20)8-16/h2-7H,8H2,1H3. The molecule has 0 saturated carbocycles. The third-order valence-electron chi connectivity index (χ3n) is 3.18. The number of halogens is 3. The lowest BCUT2D eigenvalue weighted by molar-refractivity contribution is 0.414. The molecule has 2 aromatic carbocycles. The summed E-state index contributed by atoms with van der Waals surface area (Å²) >= 11 is 5.89. The first-order valence-electron chi connectivity index (χ1n) is 6.21. The first-order chi connectivity index (χ1) is 10.1. The van der Waals surface area contributed by atoms with Crippen molar-refractivity contribution in [2.75, 3.05) is 7.11 Å². The molecule has 0 bridgehead atoms. The highest BCUT2D eigenvalue weighted by molar-refractivity contribution is 6.17. The second kappa shape index (κ2) is 5.33. The Kier molecular flexibility index (Phi) is 3.51. The lowest BCUT2D eigenvalue weighted by Gasteiger charge is -2.09. The average Bonchev–Trinajstić information content (AvgIpc) is 2.86. The molecular weight excluding hydrogens is 298 g/mol. The van der Waals surface area contributed by atoms with Crippen LogP contribution in [0.2, 0.25) is 0 Å². The second-order valence-electron chi connectivity index (χ2n) is 4.45. The van der Waals surface area contributed by atoms with Gasteiger partial charge < -0.3 is 4.74 Å². The number of benzene rings is 2. The molecule has 6 heteroatoms. The van der Waals surface area contributed by atoms with Crippen molar-refractivity contribution in [1.82, 2.24) is 9.55 Å². The zero-order valence-corrected chi connectivity index (χ0v) is 11.9. The monoisotopic (exact) mass is 308 g/mol. The first kappa shape index (κ1) is 13.8. The summed E-state index contributed by atoms with van der Waals surface area (Å²) in [4.78, 5) is 4.15.